The van der Waals surface area contributed by atoms with Gasteiger partial charge in [0, 0.05) is 35.7 Å². The van der Waals surface area contributed by atoms with Gasteiger partial charge in [0.2, 0.25) is 11.8 Å². The van der Waals surface area contributed by atoms with E-state index in [9.17, 15) is 28.8 Å². The lowest BCUT2D eigenvalue weighted by Crippen LogP contribution is -2.56. The summed E-state index contributed by atoms with van der Waals surface area (Å²) in [5.74, 6) is -0.653. The van der Waals surface area contributed by atoms with Crippen molar-refractivity contribution in [2.24, 2.45) is 16.6 Å². The molecule has 2 aromatic heterocycles. The highest BCUT2D eigenvalue weighted by Crippen LogP contribution is 2.34. The number of piperidine rings is 2. The van der Waals surface area contributed by atoms with Gasteiger partial charge in [-0.1, -0.05) is 65.8 Å². The lowest BCUT2D eigenvalue weighted by atomic mass is 9.85. The number of benzene rings is 2. The minimum absolute atomic E-state index is 0.00837. The van der Waals surface area contributed by atoms with Crippen molar-refractivity contribution in [1.82, 2.24) is 20.4 Å². The molecule has 2 aromatic carbocycles. The maximum absolute atomic E-state index is 13.4. The molecule has 394 valence electrons. The Morgan fingerprint density at radius 2 is 1.04 bits per heavy atom. The molecule has 4 aromatic rings. The molecule has 73 heavy (non-hydrogen) atoms. The number of likely N-dealkylation sites (tertiary alicyclic amines) is 2. The van der Waals surface area contributed by atoms with E-state index in [1.807, 2.05) is 72.8 Å². The van der Waals surface area contributed by atoms with Crippen molar-refractivity contribution in [2.45, 2.75) is 154 Å². The molecule has 0 bridgehead atoms. The van der Waals surface area contributed by atoms with Crippen LogP contribution in [0, 0.1) is 5.41 Å². The highest BCUT2D eigenvalue weighted by atomic mass is 32.1. The predicted molar refractivity (Wildman–Crippen MR) is 284 cm³/mol. The molecule has 8 N–H and O–H groups in total. The number of nitrogens with one attached hydrogen (secondary N) is 3. The van der Waals surface area contributed by atoms with Crippen molar-refractivity contribution < 1.29 is 43.4 Å². The molecule has 4 amide bonds. The van der Waals surface area contributed by atoms with Gasteiger partial charge in [-0.3, -0.25) is 34.4 Å². The molecule has 2 aliphatic rings. The lowest BCUT2D eigenvalue weighted by Gasteiger charge is -2.39. The summed E-state index contributed by atoms with van der Waals surface area (Å²) in [4.78, 5) is 84.4. The summed E-state index contributed by atoms with van der Waals surface area (Å²) in [6.07, 6.45) is 2.77. The smallest absolute Gasteiger partial charge is 0.410 e. The van der Waals surface area contributed by atoms with Crippen LogP contribution in [-0.2, 0) is 41.5 Å². The highest BCUT2D eigenvalue weighted by Gasteiger charge is 2.41. The van der Waals surface area contributed by atoms with E-state index in [0.29, 0.717) is 48.5 Å². The summed E-state index contributed by atoms with van der Waals surface area (Å²) in [5.41, 5.74) is 12.0. The molecule has 0 unspecified atom stereocenters. The van der Waals surface area contributed by atoms with E-state index < -0.39 is 47.6 Å². The van der Waals surface area contributed by atoms with Gasteiger partial charge in [-0.25, -0.2) is 9.59 Å². The third kappa shape index (κ3) is 17.3. The van der Waals surface area contributed by atoms with Crippen LogP contribution >= 0.6 is 22.7 Å². The molecular formula is C54H72N8O9S2. The number of hydrogen-bond acceptors (Lipinski definition) is 13. The van der Waals surface area contributed by atoms with Gasteiger partial charge < -0.3 is 36.8 Å². The van der Waals surface area contributed by atoms with Crippen molar-refractivity contribution in [3.8, 4) is 0 Å². The molecule has 0 spiro atoms. The fraction of sp³-hybridized carbons (Fsp3) is 0.481. The third-order valence-electron chi connectivity index (χ3n) is 12.5. The predicted octanol–water partition coefficient (Wildman–Crippen LogP) is 8.25. The second kappa shape index (κ2) is 25.9. The molecule has 2 saturated heterocycles. The number of carbonyl (C=O) groups is 6. The van der Waals surface area contributed by atoms with Crippen molar-refractivity contribution in [3.63, 3.8) is 0 Å². The summed E-state index contributed by atoms with van der Waals surface area (Å²) in [6.45, 7) is 14.9. The average Bonchev–Trinajstić information content (AvgIpc) is 4.05. The standard InChI is InChI=1S/C27H36N4O5S.C27H36N4O4S/c1-17(22(32)12-10-20-11-13-23(37-20)24(28)30-35)29-25(33)21-16-19(18-8-6-5-7-9-18)14-15-31(21)26(34)36-27(2,3)4;1-17(22(32)12-10-20-11-13-23(36-20)24(28)29)30-25(33)21-16-19(18-8-6-5-7-9-18)14-15-31(21)26(34)35-27(2,3)4/h5-9,11,13,17,19,21,35H,10,12,14-16H2,1-4H3,(H2,28,30)(H,29,33);5-9,11,13,17,19,21H,10,12,14-16H2,1-4H3,(H3,28,29)(H,30,33)/t2*17-,19-,21+/m00/s1. The van der Waals surface area contributed by atoms with Gasteiger partial charge in [0.1, 0.15) is 29.1 Å². The third-order valence-corrected chi connectivity index (χ3v) is 14.8. The second-order valence-electron chi connectivity index (χ2n) is 20.5. The van der Waals surface area contributed by atoms with Gasteiger partial charge >= 0.3 is 12.2 Å². The summed E-state index contributed by atoms with van der Waals surface area (Å²) in [7, 11) is 0. The van der Waals surface area contributed by atoms with Gasteiger partial charge in [-0.15, -0.1) is 22.7 Å². The van der Waals surface area contributed by atoms with E-state index in [1.165, 1.54) is 32.5 Å². The first-order chi connectivity index (χ1) is 34.4. The molecule has 4 heterocycles. The van der Waals surface area contributed by atoms with Crippen LogP contribution in [0.15, 0.2) is 90.1 Å². The summed E-state index contributed by atoms with van der Waals surface area (Å²) >= 11 is 2.74. The molecule has 6 atom stereocenters. The SMILES string of the molecule is C[C@H](NC(=O)[C@H]1C[C@@H](c2ccccc2)CCN1C(=O)OC(C)(C)C)C(=O)CCc1ccc(/C(N)=N/O)s1.C[C@H](NC(=O)[C@H]1C[C@@H](c2ccccc2)CCN1C(=O)OC(C)(C)C)C(=O)CCc1ccc(C(=N)N)s1. The van der Waals surface area contributed by atoms with E-state index in [0.717, 1.165) is 33.7 Å². The Kier molecular flexibility index (Phi) is 20.3. The van der Waals surface area contributed by atoms with E-state index in [4.69, 9.17) is 31.6 Å². The largest absolute Gasteiger partial charge is 0.444 e. The van der Waals surface area contributed by atoms with Gasteiger partial charge in [-0.2, -0.15) is 0 Å². The molecule has 2 aliphatic heterocycles. The van der Waals surface area contributed by atoms with Crippen LogP contribution in [0.4, 0.5) is 9.59 Å². The van der Waals surface area contributed by atoms with Crippen LogP contribution < -0.4 is 22.1 Å². The molecule has 0 aliphatic carbocycles. The molecular weight excluding hydrogens is 969 g/mol. The van der Waals surface area contributed by atoms with Crippen molar-refractivity contribution in [3.05, 3.63) is 116 Å². The number of nitrogens with two attached hydrogens (primary N) is 2. The number of hydrogen-bond donors (Lipinski definition) is 6. The number of Topliss-reactive ketones (excluding diaryl/α,β-unsaturated/α-hetero) is 2. The Bertz CT molecular complexity index is 2570. The number of amides is 4. The first-order valence-electron chi connectivity index (χ1n) is 24.7. The molecule has 0 radical (unpaired) electrons. The first kappa shape index (κ1) is 57.3. The maximum Gasteiger partial charge on any atom is 0.410 e. The number of thiophene rings is 2. The topological polar surface area (TPSA) is 260 Å². The minimum Gasteiger partial charge on any atom is -0.444 e. The Balaban J connectivity index is 0.000000271. The zero-order chi connectivity index (χ0) is 53.6. The summed E-state index contributed by atoms with van der Waals surface area (Å²) in [6, 6.07) is 24.2. The highest BCUT2D eigenvalue weighted by molar-refractivity contribution is 7.14. The number of nitrogen functional groups attached to an aromatic ring is 1. The molecule has 2 fully saturated rings. The number of ether oxygens (including phenoxy) is 2. The molecule has 17 nitrogen and oxygen atoms in total. The Hall–Kier alpha value is -6.60. The van der Waals surface area contributed by atoms with Crippen molar-refractivity contribution in [1.29, 1.82) is 5.41 Å². The quantitative estimate of drug-likeness (QED) is 0.0269. The molecule has 19 heteroatoms. The Morgan fingerprint density at radius 3 is 1.40 bits per heavy atom. The fourth-order valence-electron chi connectivity index (χ4n) is 8.62. The monoisotopic (exact) mass is 1040 g/mol. The van der Waals surface area contributed by atoms with Gasteiger partial charge in [0.15, 0.2) is 17.4 Å². The van der Waals surface area contributed by atoms with Crippen LogP contribution in [0.3, 0.4) is 0 Å². The van der Waals surface area contributed by atoms with Crippen molar-refractivity contribution in [2.75, 3.05) is 13.1 Å². The Morgan fingerprint density at radius 1 is 0.658 bits per heavy atom. The van der Waals surface area contributed by atoms with Crippen molar-refractivity contribution >= 4 is 69.9 Å². The molecule has 6 rings (SSSR count). The number of amidine groups is 2. The normalized spacial score (nSPS) is 19.0. The van der Waals surface area contributed by atoms with Crippen LogP contribution in [0.2, 0.25) is 0 Å². The fourth-order valence-corrected chi connectivity index (χ4v) is 10.4. The van der Waals surface area contributed by atoms with Crippen LogP contribution in [0.5, 0.6) is 0 Å². The number of oxime groups is 1. The first-order valence-corrected chi connectivity index (χ1v) is 26.3. The Labute approximate surface area is 436 Å². The number of ketones is 2. The van der Waals surface area contributed by atoms with E-state index in [2.05, 4.69) is 15.8 Å². The molecule has 0 saturated carbocycles. The lowest BCUT2D eigenvalue weighted by molar-refractivity contribution is -0.132. The summed E-state index contributed by atoms with van der Waals surface area (Å²) < 4.78 is 11.1. The van der Waals surface area contributed by atoms with E-state index in [1.54, 1.807) is 67.5 Å². The average molecular weight is 1040 g/mol. The zero-order valence-corrected chi connectivity index (χ0v) is 44.8. The van der Waals surface area contributed by atoms with Crippen LogP contribution in [0.1, 0.15) is 136 Å². The van der Waals surface area contributed by atoms with Gasteiger partial charge in [-0.05, 0) is 141 Å². The van der Waals surface area contributed by atoms with Gasteiger partial charge in [0.05, 0.1) is 21.8 Å². The minimum atomic E-state index is -0.746. The summed E-state index contributed by atoms with van der Waals surface area (Å²) in [5, 5.41) is 25.0. The zero-order valence-electron chi connectivity index (χ0n) is 43.1. The number of nitrogens with zero attached hydrogens (tertiary/aromatic N) is 3. The number of carbonyl (C=O) groups excluding carboxylic acids is 6. The van der Waals surface area contributed by atoms with Gasteiger partial charge in [0.25, 0.3) is 0 Å². The van der Waals surface area contributed by atoms with E-state index >= 15 is 0 Å². The second-order valence-corrected chi connectivity index (χ2v) is 22.8. The number of rotatable bonds is 16. The van der Waals surface area contributed by atoms with E-state index in [-0.39, 0.29) is 59.7 Å². The number of aryl methyl sites for hydroxylation is 2. The van der Waals surface area contributed by atoms with Crippen LogP contribution in [-0.4, -0.2) is 111 Å². The van der Waals surface area contributed by atoms with Crippen LogP contribution in [0.25, 0.3) is 0 Å². The maximum atomic E-state index is 13.4.